The average Bonchev–Trinajstić information content (AvgIpc) is 2.91. The molecule has 0 aliphatic heterocycles. The number of amides is 1. The minimum absolute atomic E-state index is 0.0117. The summed E-state index contributed by atoms with van der Waals surface area (Å²) in [5, 5.41) is 11.9. The zero-order valence-electron chi connectivity index (χ0n) is 22.2. The number of aliphatic hydroxyl groups is 1. The van der Waals surface area contributed by atoms with Crippen molar-refractivity contribution in [3.05, 3.63) is 95.0 Å². The number of nitrogens with zero attached hydrogens (tertiary/aromatic N) is 1. The standard InChI is InChI=1S/C29H35ClN2O5S/c1-21(2)19-32(38(35,36)24-16-14-23(37-4)15-17-24)20-28(33)27(18-22-10-6-5-7-11-22)31(3)29(34)25-12-8-9-13-26(25)30/h5-17,21,27-28,33H,18-20H2,1-4H3/p+1/t27-,28+/m0/s1. The molecule has 204 valence electrons. The number of rotatable bonds is 12. The Hall–Kier alpha value is -2.75. The van der Waals surface area contributed by atoms with Gasteiger partial charge in [-0.2, -0.15) is 4.31 Å². The summed E-state index contributed by atoms with van der Waals surface area (Å²) >= 11 is 6.31. The lowest BCUT2D eigenvalue weighted by Crippen LogP contribution is -3.17. The maximum atomic E-state index is 13.6. The Balaban J connectivity index is 1.95. The van der Waals surface area contributed by atoms with E-state index in [-0.39, 0.29) is 29.8 Å². The van der Waals surface area contributed by atoms with Gasteiger partial charge in [0.1, 0.15) is 17.9 Å². The van der Waals surface area contributed by atoms with E-state index < -0.39 is 22.2 Å². The number of carbonyl (C=O) groups excluding carboxylic acids is 1. The lowest BCUT2D eigenvalue weighted by atomic mass is 9.98. The van der Waals surface area contributed by atoms with E-state index in [1.165, 1.54) is 23.5 Å². The van der Waals surface area contributed by atoms with Crippen LogP contribution in [0.25, 0.3) is 0 Å². The Kier molecular flexibility index (Phi) is 10.5. The van der Waals surface area contributed by atoms with Gasteiger partial charge in [0, 0.05) is 19.5 Å². The fourth-order valence-electron chi connectivity index (χ4n) is 4.38. The summed E-state index contributed by atoms with van der Waals surface area (Å²) in [5.41, 5.74) is 1.28. The number of aliphatic hydroxyl groups excluding tert-OH is 1. The summed E-state index contributed by atoms with van der Waals surface area (Å²) in [6.07, 6.45) is -0.782. The number of quaternary nitrogens is 1. The fraction of sp³-hybridized carbons (Fsp3) is 0.345. The van der Waals surface area contributed by atoms with Crippen LogP contribution in [0.3, 0.4) is 0 Å². The van der Waals surface area contributed by atoms with E-state index in [1.54, 1.807) is 43.4 Å². The zero-order chi connectivity index (χ0) is 27.9. The molecule has 0 heterocycles. The second kappa shape index (κ2) is 13.4. The van der Waals surface area contributed by atoms with Gasteiger partial charge in [-0.05, 0) is 47.9 Å². The summed E-state index contributed by atoms with van der Waals surface area (Å²) in [4.78, 5) is 14.0. The topological polar surface area (TPSA) is 88.3 Å². The van der Waals surface area contributed by atoms with E-state index in [9.17, 15) is 18.3 Å². The molecule has 2 N–H and O–H groups in total. The normalized spacial score (nSPS) is 14.3. The second-order valence-corrected chi connectivity index (χ2v) is 12.1. The molecular formula is C29H36ClN2O5S+. The summed E-state index contributed by atoms with van der Waals surface area (Å²) < 4.78 is 33.7. The van der Waals surface area contributed by atoms with Crippen LogP contribution in [0.4, 0.5) is 0 Å². The van der Waals surface area contributed by atoms with E-state index in [0.29, 0.717) is 27.7 Å². The quantitative estimate of drug-likeness (QED) is 0.355. The summed E-state index contributed by atoms with van der Waals surface area (Å²) in [6, 6.07) is 21.8. The van der Waals surface area contributed by atoms with Crippen LogP contribution >= 0.6 is 11.6 Å². The third-order valence-corrected chi connectivity index (χ3v) is 8.63. The van der Waals surface area contributed by atoms with Crippen LogP contribution in [-0.4, -0.2) is 63.1 Å². The van der Waals surface area contributed by atoms with Crippen molar-refractivity contribution in [2.45, 2.75) is 37.3 Å². The number of ether oxygens (including phenoxy) is 1. The average molecular weight is 560 g/mol. The summed E-state index contributed by atoms with van der Waals surface area (Å²) in [6.45, 7) is 3.88. The second-order valence-electron chi connectivity index (χ2n) is 9.75. The van der Waals surface area contributed by atoms with E-state index in [1.807, 2.05) is 44.2 Å². The largest absolute Gasteiger partial charge is 0.497 e. The van der Waals surface area contributed by atoms with Crippen molar-refractivity contribution in [1.29, 1.82) is 0 Å². The van der Waals surface area contributed by atoms with Crippen LogP contribution in [-0.2, 0) is 16.4 Å². The van der Waals surface area contributed by atoms with Gasteiger partial charge in [0.05, 0.1) is 29.6 Å². The van der Waals surface area contributed by atoms with Crippen molar-refractivity contribution in [3.8, 4) is 5.75 Å². The first kappa shape index (κ1) is 29.8. The number of hydrogen-bond donors (Lipinski definition) is 2. The molecule has 0 radical (unpaired) electrons. The molecule has 3 atom stereocenters. The molecule has 0 bridgehead atoms. The molecule has 0 saturated heterocycles. The number of halogens is 1. The summed E-state index contributed by atoms with van der Waals surface area (Å²) in [5.74, 6) is 0.285. The van der Waals surface area contributed by atoms with E-state index in [2.05, 4.69) is 0 Å². The van der Waals surface area contributed by atoms with E-state index in [0.717, 1.165) is 5.56 Å². The van der Waals surface area contributed by atoms with Crippen LogP contribution in [0.2, 0.25) is 5.02 Å². The van der Waals surface area contributed by atoms with Crippen LogP contribution in [0, 0.1) is 5.92 Å². The van der Waals surface area contributed by atoms with Gasteiger partial charge in [-0.25, -0.2) is 13.2 Å². The highest BCUT2D eigenvalue weighted by molar-refractivity contribution is 7.89. The van der Waals surface area contributed by atoms with Gasteiger partial charge in [-0.15, -0.1) is 0 Å². The van der Waals surface area contributed by atoms with Crippen molar-refractivity contribution in [2.75, 3.05) is 27.2 Å². The SMILES string of the molecule is COc1ccc(S(=O)(=O)N(CC(C)C)C[C@@H](O)[C@H](Cc2ccccc2)[NH+](C)C(=O)c2ccccc2Cl)cc1. The first-order valence-electron chi connectivity index (χ1n) is 12.5. The minimum Gasteiger partial charge on any atom is -0.497 e. The number of benzene rings is 3. The molecule has 0 spiro atoms. The molecule has 1 amide bonds. The molecular weight excluding hydrogens is 524 g/mol. The van der Waals surface area contributed by atoms with Gasteiger partial charge in [0.25, 0.3) is 0 Å². The summed E-state index contributed by atoms with van der Waals surface area (Å²) in [7, 11) is -0.723. The Labute approximate surface area is 230 Å². The number of nitrogens with one attached hydrogen (secondary N) is 1. The number of sulfonamides is 1. The smallest absolute Gasteiger partial charge is 0.345 e. The molecule has 3 aromatic rings. The molecule has 0 aliphatic rings. The lowest BCUT2D eigenvalue weighted by Gasteiger charge is -2.32. The van der Waals surface area contributed by atoms with Gasteiger partial charge in [0.2, 0.25) is 10.0 Å². The predicted molar refractivity (Wildman–Crippen MR) is 149 cm³/mol. The Morgan fingerprint density at radius 3 is 2.16 bits per heavy atom. The van der Waals surface area contributed by atoms with Crippen molar-refractivity contribution < 1.29 is 28.0 Å². The van der Waals surface area contributed by atoms with Gasteiger partial charge in [0.15, 0.2) is 0 Å². The third kappa shape index (κ3) is 7.42. The third-order valence-electron chi connectivity index (χ3n) is 6.45. The molecule has 0 aromatic heterocycles. The van der Waals surface area contributed by atoms with Crippen LogP contribution in [0.5, 0.6) is 5.75 Å². The number of likely N-dealkylation sites (N-methyl/N-ethyl adjacent to an activating group) is 1. The van der Waals surface area contributed by atoms with Gasteiger partial charge in [-0.1, -0.05) is 67.9 Å². The maximum Gasteiger partial charge on any atom is 0.345 e. The number of hydrogen-bond acceptors (Lipinski definition) is 5. The van der Waals surface area contributed by atoms with Crippen molar-refractivity contribution in [1.82, 2.24) is 4.31 Å². The van der Waals surface area contributed by atoms with Crippen molar-refractivity contribution >= 4 is 27.5 Å². The predicted octanol–water partition coefficient (Wildman–Crippen LogP) is 3.32. The molecule has 0 saturated carbocycles. The Bertz CT molecular complexity index is 1300. The van der Waals surface area contributed by atoms with Gasteiger partial charge >= 0.3 is 5.91 Å². The zero-order valence-corrected chi connectivity index (χ0v) is 23.7. The van der Waals surface area contributed by atoms with E-state index >= 15 is 0 Å². The monoisotopic (exact) mass is 559 g/mol. The fourth-order valence-corrected chi connectivity index (χ4v) is 6.23. The molecule has 1 unspecified atom stereocenters. The molecule has 38 heavy (non-hydrogen) atoms. The highest BCUT2D eigenvalue weighted by Crippen LogP contribution is 2.22. The highest BCUT2D eigenvalue weighted by Gasteiger charge is 2.37. The van der Waals surface area contributed by atoms with Crippen molar-refractivity contribution in [2.24, 2.45) is 5.92 Å². The minimum atomic E-state index is -3.92. The van der Waals surface area contributed by atoms with Gasteiger partial charge in [-0.3, -0.25) is 4.90 Å². The first-order chi connectivity index (χ1) is 18.0. The maximum absolute atomic E-state index is 13.6. The first-order valence-corrected chi connectivity index (χ1v) is 14.3. The molecule has 9 heteroatoms. The lowest BCUT2D eigenvalue weighted by molar-refractivity contribution is -0.825. The molecule has 3 aromatic carbocycles. The molecule has 0 fully saturated rings. The van der Waals surface area contributed by atoms with Crippen LogP contribution < -0.4 is 9.64 Å². The molecule has 0 aliphatic carbocycles. The Morgan fingerprint density at radius 2 is 1.58 bits per heavy atom. The van der Waals surface area contributed by atoms with Crippen molar-refractivity contribution in [3.63, 3.8) is 0 Å². The van der Waals surface area contributed by atoms with Gasteiger partial charge < -0.3 is 9.84 Å². The number of methoxy groups -OCH3 is 1. The molecule has 7 nitrogen and oxygen atoms in total. The molecule has 3 rings (SSSR count). The Morgan fingerprint density at radius 1 is 0.974 bits per heavy atom. The highest BCUT2D eigenvalue weighted by atomic mass is 35.5. The van der Waals surface area contributed by atoms with Crippen LogP contribution in [0.15, 0.2) is 83.8 Å². The van der Waals surface area contributed by atoms with Crippen LogP contribution in [0.1, 0.15) is 29.8 Å². The van der Waals surface area contributed by atoms with E-state index in [4.69, 9.17) is 16.3 Å². The number of carbonyl (C=O) groups is 1.